The number of thioether (sulfide) groups is 1. The van der Waals surface area contributed by atoms with Crippen molar-refractivity contribution in [2.45, 2.75) is 58.2 Å². The van der Waals surface area contributed by atoms with Gasteiger partial charge in [0.15, 0.2) is 0 Å². The lowest BCUT2D eigenvalue weighted by Crippen LogP contribution is -2.49. The van der Waals surface area contributed by atoms with Gasteiger partial charge in [0.25, 0.3) is 0 Å². The number of amides is 1. The van der Waals surface area contributed by atoms with Crippen LogP contribution in [-0.2, 0) is 4.79 Å². The zero-order valence-electron chi connectivity index (χ0n) is 13.2. The number of hydrogen-bond acceptors (Lipinski definition) is 3. The fraction of sp³-hybridized carbons (Fsp3) is 0.933. The highest BCUT2D eigenvalue weighted by Crippen LogP contribution is 2.23. The smallest absolute Gasteiger partial charge is 0.222 e. The lowest BCUT2D eigenvalue weighted by molar-refractivity contribution is -0.125. The van der Waals surface area contributed by atoms with E-state index in [4.69, 9.17) is 0 Å². The highest BCUT2D eigenvalue weighted by molar-refractivity contribution is 8.00. The molecule has 0 spiro atoms. The Morgan fingerprint density at radius 3 is 2.68 bits per heavy atom. The van der Waals surface area contributed by atoms with Crippen LogP contribution in [-0.4, -0.2) is 47.0 Å². The zero-order chi connectivity index (χ0) is 14.5. The fourth-order valence-electron chi connectivity index (χ4n) is 2.23. The second-order valence-electron chi connectivity index (χ2n) is 6.76. The van der Waals surface area contributed by atoms with Crippen LogP contribution in [0.3, 0.4) is 0 Å². The van der Waals surface area contributed by atoms with E-state index in [1.54, 1.807) is 0 Å². The number of nitrogens with zero attached hydrogens (tertiary/aromatic N) is 1. The molecular formula is C15H30N2OS. The first-order chi connectivity index (χ1) is 8.78. The minimum atomic E-state index is 0.0897. The van der Waals surface area contributed by atoms with Gasteiger partial charge >= 0.3 is 0 Å². The summed E-state index contributed by atoms with van der Waals surface area (Å²) in [5.74, 6) is 1.46. The van der Waals surface area contributed by atoms with E-state index >= 15 is 0 Å². The number of nitrogens with one attached hydrogen (secondary N) is 1. The molecule has 1 aliphatic rings. The van der Waals surface area contributed by atoms with Crippen LogP contribution in [0.25, 0.3) is 0 Å². The lowest BCUT2D eigenvalue weighted by atomic mass is 10.0. The summed E-state index contributed by atoms with van der Waals surface area (Å²) >= 11 is 2.02. The van der Waals surface area contributed by atoms with Crippen molar-refractivity contribution in [1.82, 2.24) is 10.2 Å². The molecule has 4 heteroatoms. The van der Waals surface area contributed by atoms with Gasteiger partial charge in [-0.25, -0.2) is 0 Å². The van der Waals surface area contributed by atoms with Crippen molar-refractivity contribution >= 4 is 17.7 Å². The summed E-state index contributed by atoms with van der Waals surface area (Å²) in [7, 11) is 0. The SMILES string of the molecule is CC(C)C(=O)N[C@H]1CCCN(CCSC(C)(C)C)C1. The maximum Gasteiger partial charge on any atom is 0.222 e. The van der Waals surface area contributed by atoms with Gasteiger partial charge in [0.1, 0.15) is 0 Å². The molecule has 1 fully saturated rings. The van der Waals surface area contributed by atoms with Gasteiger partial charge in [-0.2, -0.15) is 11.8 Å². The van der Waals surface area contributed by atoms with Gasteiger partial charge in [-0.15, -0.1) is 0 Å². The highest BCUT2D eigenvalue weighted by Gasteiger charge is 2.22. The van der Waals surface area contributed by atoms with E-state index in [0.717, 1.165) is 19.5 Å². The Morgan fingerprint density at radius 1 is 1.42 bits per heavy atom. The second kappa shape index (κ2) is 7.53. The minimum absolute atomic E-state index is 0.0897. The summed E-state index contributed by atoms with van der Waals surface area (Å²) in [6.45, 7) is 14.0. The lowest BCUT2D eigenvalue weighted by Gasteiger charge is -2.34. The van der Waals surface area contributed by atoms with E-state index in [9.17, 15) is 4.79 Å². The molecule has 1 heterocycles. The van der Waals surface area contributed by atoms with Crippen molar-refractivity contribution in [1.29, 1.82) is 0 Å². The van der Waals surface area contributed by atoms with Crippen molar-refractivity contribution in [2.24, 2.45) is 5.92 Å². The number of carbonyl (C=O) groups is 1. The van der Waals surface area contributed by atoms with Gasteiger partial charge in [0.2, 0.25) is 5.91 Å². The molecule has 1 rings (SSSR count). The van der Waals surface area contributed by atoms with Crippen LogP contribution in [0.5, 0.6) is 0 Å². The Labute approximate surface area is 122 Å². The van der Waals surface area contributed by atoms with Crippen LogP contribution in [0, 0.1) is 5.92 Å². The van der Waals surface area contributed by atoms with Crippen LogP contribution >= 0.6 is 11.8 Å². The molecule has 3 nitrogen and oxygen atoms in total. The molecule has 0 aromatic heterocycles. The maximum atomic E-state index is 11.7. The van der Waals surface area contributed by atoms with Crippen molar-refractivity contribution in [3.05, 3.63) is 0 Å². The Kier molecular flexibility index (Phi) is 6.67. The third kappa shape index (κ3) is 7.21. The number of piperidine rings is 1. The van der Waals surface area contributed by atoms with Gasteiger partial charge in [-0.3, -0.25) is 4.79 Å². The molecular weight excluding hydrogens is 256 g/mol. The molecule has 0 bridgehead atoms. The Morgan fingerprint density at radius 2 is 2.11 bits per heavy atom. The molecule has 1 amide bonds. The van der Waals surface area contributed by atoms with Crippen LogP contribution < -0.4 is 5.32 Å². The third-order valence-corrected chi connectivity index (χ3v) is 4.57. The van der Waals surface area contributed by atoms with E-state index < -0.39 is 0 Å². The van der Waals surface area contributed by atoms with Crippen LogP contribution in [0.4, 0.5) is 0 Å². The summed E-state index contributed by atoms with van der Waals surface area (Å²) in [5.41, 5.74) is 0. The van der Waals surface area contributed by atoms with Gasteiger partial charge in [0, 0.05) is 35.5 Å². The standard InChI is InChI=1S/C15H30N2OS/c1-12(2)14(18)16-13-7-6-8-17(11-13)9-10-19-15(3,4)5/h12-13H,6-11H2,1-5H3,(H,16,18)/t13-/m0/s1. The maximum absolute atomic E-state index is 11.7. The van der Waals surface area contributed by atoms with E-state index in [-0.39, 0.29) is 11.8 Å². The molecule has 1 N–H and O–H groups in total. The molecule has 0 aliphatic carbocycles. The van der Waals surface area contributed by atoms with Crippen LogP contribution in [0.2, 0.25) is 0 Å². The fourth-order valence-corrected chi connectivity index (χ4v) is 3.19. The zero-order valence-corrected chi connectivity index (χ0v) is 14.0. The quantitative estimate of drug-likeness (QED) is 0.843. The molecule has 112 valence electrons. The topological polar surface area (TPSA) is 32.3 Å². The van der Waals surface area contributed by atoms with Gasteiger partial charge in [0.05, 0.1) is 0 Å². The average Bonchev–Trinajstić information content (AvgIpc) is 2.27. The molecule has 1 saturated heterocycles. The van der Waals surface area contributed by atoms with E-state index in [1.165, 1.54) is 18.7 Å². The largest absolute Gasteiger partial charge is 0.352 e. The van der Waals surface area contributed by atoms with Crippen molar-refractivity contribution in [2.75, 3.05) is 25.4 Å². The Hall–Kier alpha value is -0.220. The second-order valence-corrected chi connectivity index (χ2v) is 8.69. The predicted molar refractivity (Wildman–Crippen MR) is 84.7 cm³/mol. The number of likely N-dealkylation sites (tertiary alicyclic amines) is 1. The van der Waals surface area contributed by atoms with Gasteiger partial charge in [-0.05, 0) is 19.4 Å². The number of hydrogen-bond donors (Lipinski definition) is 1. The van der Waals surface area contributed by atoms with Gasteiger partial charge < -0.3 is 10.2 Å². The summed E-state index contributed by atoms with van der Waals surface area (Å²) in [5, 5.41) is 3.17. The third-order valence-electron chi connectivity index (χ3n) is 3.32. The number of rotatable bonds is 5. The molecule has 19 heavy (non-hydrogen) atoms. The first kappa shape index (κ1) is 16.8. The summed E-state index contributed by atoms with van der Waals surface area (Å²) in [4.78, 5) is 14.2. The van der Waals surface area contributed by atoms with E-state index in [0.29, 0.717) is 10.8 Å². The monoisotopic (exact) mass is 286 g/mol. The molecule has 1 aliphatic heterocycles. The van der Waals surface area contributed by atoms with Crippen LogP contribution in [0.15, 0.2) is 0 Å². The first-order valence-corrected chi connectivity index (χ1v) is 8.43. The molecule has 0 aromatic carbocycles. The summed E-state index contributed by atoms with van der Waals surface area (Å²) < 4.78 is 0.348. The molecule has 0 saturated carbocycles. The van der Waals surface area contributed by atoms with Gasteiger partial charge in [-0.1, -0.05) is 34.6 Å². The van der Waals surface area contributed by atoms with Crippen molar-refractivity contribution in [3.63, 3.8) is 0 Å². The predicted octanol–water partition coefficient (Wildman–Crippen LogP) is 2.75. The van der Waals surface area contributed by atoms with Crippen LogP contribution in [0.1, 0.15) is 47.5 Å². The minimum Gasteiger partial charge on any atom is -0.352 e. The van der Waals surface area contributed by atoms with E-state index in [2.05, 4.69) is 31.0 Å². The summed E-state index contributed by atoms with van der Waals surface area (Å²) in [6, 6.07) is 0.350. The first-order valence-electron chi connectivity index (χ1n) is 7.44. The molecule has 0 radical (unpaired) electrons. The molecule has 1 atom stereocenters. The Bertz CT molecular complexity index is 286. The number of carbonyl (C=O) groups excluding carboxylic acids is 1. The van der Waals surface area contributed by atoms with Crippen molar-refractivity contribution in [3.8, 4) is 0 Å². The molecule has 0 aromatic rings. The normalized spacial score (nSPS) is 21.7. The average molecular weight is 286 g/mol. The molecule has 0 unspecified atom stereocenters. The van der Waals surface area contributed by atoms with E-state index in [1.807, 2.05) is 25.6 Å². The Balaban J connectivity index is 2.28. The highest BCUT2D eigenvalue weighted by atomic mass is 32.2. The summed E-state index contributed by atoms with van der Waals surface area (Å²) in [6.07, 6.45) is 2.32. The van der Waals surface area contributed by atoms with Crippen molar-refractivity contribution < 1.29 is 4.79 Å².